The second-order valence-electron chi connectivity index (χ2n) is 14.9. The number of rotatable bonds is 10. The standard InChI is InChI=1S/C41H42F8N6OS/c1-22-8-10-29(35-33(22)23(2)54-55(35)21-41(47,48)49)28-11-9-27(12-14-38(3,4)57-7)52-34(28)31(18-24-16-25(42)19-26(43)17-24)53-32(56)20-51-37-30(13-15-39(37,5)44)36(50)40(6,45)46/h8-11,16-17,19,31H,13,15,18,20-21,50H2,1-7H3,(H,53,56)/b36-30-,51-37?. The molecule has 57 heavy (non-hydrogen) atoms. The van der Waals surface area contributed by atoms with Crippen molar-refractivity contribution in [3.63, 3.8) is 0 Å². The van der Waals surface area contributed by atoms with Gasteiger partial charge in [0.2, 0.25) is 5.91 Å². The number of benzene rings is 2. The normalized spacial score (nSPS) is 18.5. The number of fused-ring (bicyclic) bond motifs is 1. The molecule has 304 valence electrons. The summed E-state index contributed by atoms with van der Waals surface area (Å²) in [6, 6.07) is 7.99. The number of hydrogen-bond donors (Lipinski definition) is 2. The van der Waals surface area contributed by atoms with Crippen LogP contribution in [0, 0.1) is 37.3 Å². The molecule has 0 aliphatic heterocycles. The average molecular weight is 819 g/mol. The lowest BCUT2D eigenvalue weighted by Gasteiger charge is -2.23. The molecule has 1 aliphatic rings. The third kappa shape index (κ3) is 10.2. The Hall–Kier alpha value is -4.91. The monoisotopic (exact) mass is 818 g/mol. The van der Waals surface area contributed by atoms with E-state index in [0.29, 0.717) is 29.6 Å². The number of pyridine rings is 1. The molecule has 3 N–H and O–H groups in total. The van der Waals surface area contributed by atoms with Gasteiger partial charge in [-0.05, 0) is 101 Å². The van der Waals surface area contributed by atoms with E-state index in [1.807, 2.05) is 20.1 Å². The lowest BCUT2D eigenvalue weighted by molar-refractivity contribution is -0.141. The van der Waals surface area contributed by atoms with E-state index in [0.717, 1.165) is 23.7 Å². The molecule has 0 saturated heterocycles. The van der Waals surface area contributed by atoms with E-state index in [1.165, 1.54) is 11.8 Å². The van der Waals surface area contributed by atoms with Gasteiger partial charge < -0.3 is 11.1 Å². The molecule has 4 aromatic rings. The minimum Gasteiger partial charge on any atom is -0.397 e. The number of aliphatic imine (C=N–C) groups is 1. The van der Waals surface area contributed by atoms with Crippen LogP contribution in [0.4, 0.5) is 35.1 Å². The maximum absolute atomic E-state index is 15.6. The molecular formula is C41H42F8N6OS. The molecular weight excluding hydrogens is 777 g/mol. The predicted molar refractivity (Wildman–Crippen MR) is 207 cm³/mol. The van der Waals surface area contributed by atoms with E-state index < -0.39 is 70.6 Å². The number of aromatic nitrogens is 3. The lowest BCUT2D eigenvalue weighted by Crippen LogP contribution is -2.34. The number of aryl methyl sites for hydroxylation is 2. The van der Waals surface area contributed by atoms with Crippen molar-refractivity contribution in [1.29, 1.82) is 0 Å². The van der Waals surface area contributed by atoms with E-state index in [2.05, 4.69) is 27.2 Å². The first-order chi connectivity index (χ1) is 26.4. The smallest absolute Gasteiger partial charge is 0.397 e. The molecule has 0 bridgehead atoms. The van der Waals surface area contributed by atoms with Crippen LogP contribution in [0.15, 0.2) is 58.7 Å². The summed E-state index contributed by atoms with van der Waals surface area (Å²) in [6.07, 6.45) is -3.40. The molecule has 1 fully saturated rings. The molecule has 2 atom stereocenters. The van der Waals surface area contributed by atoms with E-state index in [1.54, 1.807) is 38.1 Å². The van der Waals surface area contributed by atoms with Gasteiger partial charge in [-0.15, -0.1) is 11.8 Å². The van der Waals surface area contributed by atoms with E-state index in [9.17, 15) is 35.5 Å². The van der Waals surface area contributed by atoms with Gasteiger partial charge in [0.1, 0.15) is 36.1 Å². The quantitative estimate of drug-likeness (QED) is 0.123. The summed E-state index contributed by atoms with van der Waals surface area (Å²) in [7, 11) is 0. The zero-order chi connectivity index (χ0) is 42.2. The zero-order valence-corrected chi connectivity index (χ0v) is 33.2. The second-order valence-corrected chi connectivity index (χ2v) is 16.3. The van der Waals surface area contributed by atoms with Crippen molar-refractivity contribution in [3.05, 3.63) is 93.6 Å². The van der Waals surface area contributed by atoms with Crippen LogP contribution in [0.5, 0.6) is 0 Å². The highest BCUT2D eigenvalue weighted by Gasteiger charge is 2.43. The summed E-state index contributed by atoms with van der Waals surface area (Å²) in [5.74, 6) is -0.0251. The molecule has 2 aromatic heterocycles. The topological polar surface area (TPSA) is 98.2 Å². The third-order valence-corrected chi connectivity index (χ3v) is 10.8. The van der Waals surface area contributed by atoms with Gasteiger partial charge in [0.05, 0.1) is 39.1 Å². The SMILES string of the molecule is CSC(C)(C)C#Cc1ccc(-c2ccc(C)c3c(C)nn(CC(F)(F)F)c23)c(C(Cc2cc(F)cc(F)c2)NC(=O)CN=C2/C(=C(\N)C(C)(F)F)CCC2(C)F)n1. The zero-order valence-electron chi connectivity index (χ0n) is 32.4. The average Bonchev–Trinajstić information content (AvgIpc) is 3.58. The number of allylic oxidation sites excluding steroid dienone is 2. The molecule has 0 spiro atoms. The van der Waals surface area contributed by atoms with Crippen molar-refractivity contribution in [3.8, 4) is 23.0 Å². The number of halogens is 8. The van der Waals surface area contributed by atoms with Crippen LogP contribution < -0.4 is 11.1 Å². The maximum atomic E-state index is 15.6. The molecule has 16 heteroatoms. The summed E-state index contributed by atoms with van der Waals surface area (Å²) in [6.45, 7) is 6.63. The van der Waals surface area contributed by atoms with Gasteiger partial charge in [0.25, 0.3) is 5.92 Å². The van der Waals surface area contributed by atoms with Crippen LogP contribution in [0.2, 0.25) is 0 Å². The van der Waals surface area contributed by atoms with Gasteiger partial charge >= 0.3 is 6.18 Å². The Labute approximate surface area is 329 Å². The van der Waals surface area contributed by atoms with Gasteiger partial charge in [-0.1, -0.05) is 18.1 Å². The van der Waals surface area contributed by atoms with Gasteiger partial charge in [-0.25, -0.2) is 26.9 Å². The van der Waals surface area contributed by atoms with Crippen LogP contribution >= 0.6 is 11.8 Å². The number of hydrogen-bond acceptors (Lipinski definition) is 6. The Balaban J connectivity index is 1.72. The Kier molecular flexibility index (Phi) is 12.2. The fraction of sp³-hybridized carbons (Fsp3) is 0.415. The first kappa shape index (κ1) is 43.2. The number of carbonyl (C=O) groups is 1. The number of amides is 1. The fourth-order valence-electron chi connectivity index (χ4n) is 6.77. The molecule has 2 heterocycles. The number of nitrogens with zero attached hydrogens (tertiary/aromatic N) is 4. The molecule has 0 radical (unpaired) electrons. The second kappa shape index (κ2) is 16.2. The maximum Gasteiger partial charge on any atom is 0.408 e. The molecule has 7 nitrogen and oxygen atoms in total. The predicted octanol–water partition coefficient (Wildman–Crippen LogP) is 9.28. The molecule has 1 amide bonds. The first-order valence-electron chi connectivity index (χ1n) is 17.9. The van der Waals surface area contributed by atoms with E-state index in [4.69, 9.17) is 10.7 Å². The van der Waals surface area contributed by atoms with Crippen molar-refractivity contribution < 1.29 is 39.9 Å². The number of alkyl halides is 6. The van der Waals surface area contributed by atoms with Crippen molar-refractivity contribution in [2.75, 3.05) is 12.8 Å². The summed E-state index contributed by atoms with van der Waals surface area (Å²) < 4.78 is 115. The number of carbonyl (C=O) groups excluding carboxylic acids is 1. The van der Waals surface area contributed by atoms with Gasteiger partial charge in [-0.3, -0.25) is 14.5 Å². The summed E-state index contributed by atoms with van der Waals surface area (Å²) in [5, 5.41) is 7.44. The van der Waals surface area contributed by atoms with Crippen LogP contribution in [0.3, 0.4) is 0 Å². The summed E-state index contributed by atoms with van der Waals surface area (Å²) in [4.78, 5) is 22.7. The van der Waals surface area contributed by atoms with E-state index >= 15 is 4.39 Å². The van der Waals surface area contributed by atoms with E-state index in [-0.39, 0.29) is 58.4 Å². The molecule has 2 aromatic carbocycles. The third-order valence-electron chi connectivity index (χ3n) is 9.65. The highest BCUT2D eigenvalue weighted by atomic mass is 32.2. The van der Waals surface area contributed by atoms with Crippen LogP contribution in [0.25, 0.3) is 22.0 Å². The van der Waals surface area contributed by atoms with Gasteiger partial charge in [-0.2, -0.15) is 18.3 Å². The Bertz CT molecular complexity index is 2310. The minimum absolute atomic E-state index is 0.0728. The van der Waals surface area contributed by atoms with Crippen LogP contribution in [-0.4, -0.2) is 61.7 Å². The largest absolute Gasteiger partial charge is 0.408 e. The van der Waals surface area contributed by atoms with Crippen LogP contribution in [0.1, 0.15) is 74.8 Å². The van der Waals surface area contributed by atoms with Crippen molar-refractivity contribution in [2.45, 2.75) is 95.9 Å². The highest BCUT2D eigenvalue weighted by molar-refractivity contribution is 8.00. The van der Waals surface area contributed by atoms with Crippen LogP contribution in [-0.2, 0) is 17.8 Å². The highest BCUT2D eigenvalue weighted by Crippen LogP contribution is 2.40. The van der Waals surface area contributed by atoms with Crippen molar-refractivity contribution in [1.82, 2.24) is 20.1 Å². The Morgan fingerprint density at radius 2 is 1.70 bits per heavy atom. The molecule has 2 unspecified atom stereocenters. The molecule has 1 saturated carbocycles. The Morgan fingerprint density at radius 3 is 2.32 bits per heavy atom. The summed E-state index contributed by atoms with van der Waals surface area (Å²) >= 11 is 1.48. The van der Waals surface area contributed by atoms with Crippen molar-refractivity contribution in [2.24, 2.45) is 10.7 Å². The summed E-state index contributed by atoms with van der Waals surface area (Å²) in [5.41, 5.74) is 4.08. The first-order valence-corrected chi connectivity index (χ1v) is 19.1. The minimum atomic E-state index is -4.64. The number of thioether (sulfide) groups is 1. The van der Waals surface area contributed by atoms with Gasteiger partial charge in [0.15, 0.2) is 0 Å². The molecule has 5 rings (SSSR count). The number of nitrogens with two attached hydrogens (primary N) is 1. The van der Waals surface area contributed by atoms with Crippen molar-refractivity contribution >= 4 is 34.3 Å². The molecule has 1 aliphatic carbocycles. The number of nitrogens with one attached hydrogen (secondary N) is 1. The fourth-order valence-corrected chi connectivity index (χ4v) is 6.93. The Morgan fingerprint density at radius 1 is 1.05 bits per heavy atom. The lowest BCUT2D eigenvalue weighted by atomic mass is 9.92. The van der Waals surface area contributed by atoms with Gasteiger partial charge in [0, 0.05) is 35.1 Å².